The highest BCUT2D eigenvalue weighted by Crippen LogP contribution is 2.53. The average Bonchev–Trinajstić information content (AvgIpc) is 1.64. The lowest BCUT2D eigenvalue weighted by Crippen LogP contribution is -2.61. The van der Waals surface area contributed by atoms with Crippen LogP contribution >= 0.6 is 0 Å². The van der Waals surface area contributed by atoms with Crippen LogP contribution in [0.2, 0.25) is 0 Å². The van der Waals surface area contributed by atoms with E-state index >= 15 is 0 Å². The van der Waals surface area contributed by atoms with Crippen molar-refractivity contribution in [2.24, 2.45) is 0 Å². The molecule has 17 aromatic carbocycles. The molecule has 2 aliphatic heterocycles. The van der Waals surface area contributed by atoms with Crippen LogP contribution in [0.4, 0.5) is 34.1 Å². The Morgan fingerprint density at radius 1 is 0.223 bits per heavy atom. The van der Waals surface area contributed by atoms with E-state index in [4.69, 9.17) is 16.4 Å². The predicted octanol–water partition coefficient (Wildman–Crippen LogP) is 28.7. The van der Waals surface area contributed by atoms with Crippen molar-refractivity contribution in [1.29, 1.82) is 0 Å². The van der Waals surface area contributed by atoms with Crippen LogP contribution in [0.15, 0.2) is 375 Å². The van der Waals surface area contributed by atoms with E-state index in [2.05, 4.69) is 109 Å². The molecule has 6 nitrogen and oxygen atoms in total. The highest BCUT2D eigenvalue weighted by Gasteiger charge is 2.46. The van der Waals surface area contributed by atoms with Crippen LogP contribution in [0.3, 0.4) is 0 Å². The van der Waals surface area contributed by atoms with Crippen LogP contribution in [0.25, 0.3) is 154 Å². The first kappa shape index (κ1) is 46.1. The number of rotatable bonds is 10. The lowest BCUT2D eigenvalue weighted by molar-refractivity contribution is 0.590. The summed E-state index contributed by atoms with van der Waals surface area (Å²) in [5, 5.41) is -0.986. The molecular formula is C114H89BN6. The summed E-state index contributed by atoms with van der Waals surface area (Å²) in [6, 6.07) is 39.6. The Morgan fingerprint density at radius 2 is 0.496 bits per heavy atom. The molecular weight excluding hydrogens is 1460 g/mol. The van der Waals surface area contributed by atoms with Crippen molar-refractivity contribution in [2.75, 3.05) is 9.80 Å². The molecule has 0 aliphatic carbocycles. The molecule has 0 spiro atoms. The van der Waals surface area contributed by atoms with E-state index in [1.165, 1.54) is 18.3 Å². The van der Waals surface area contributed by atoms with Gasteiger partial charge in [-0.25, -0.2) is 0 Å². The van der Waals surface area contributed by atoms with E-state index in [1.54, 1.807) is 48.5 Å². The van der Waals surface area contributed by atoms with E-state index in [0.717, 1.165) is 16.7 Å². The quantitative estimate of drug-likeness (QED) is 0.128. The van der Waals surface area contributed by atoms with Gasteiger partial charge in [0.05, 0.1) is 99.4 Å². The fourth-order valence-electron chi connectivity index (χ4n) is 18.1. The highest BCUT2D eigenvalue weighted by atomic mass is 15.2. The monoisotopic (exact) mass is 1580 g/mol. The molecule has 0 radical (unpaired) electrons. The first-order valence-corrected chi connectivity index (χ1v) is 40.0. The van der Waals surface area contributed by atoms with Gasteiger partial charge in [0.1, 0.15) is 0 Å². The van der Waals surface area contributed by atoms with Crippen LogP contribution in [-0.2, 0) is 16.2 Å². The molecule has 23 rings (SSSR count). The van der Waals surface area contributed by atoms with Crippen LogP contribution in [0.1, 0.15) is 123 Å². The van der Waals surface area contributed by atoms with Gasteiger partial charge in [-0.2, -0.15) is 0 Å². The molecule has 2 aliphatic rings. The largest absolute Gasteiger partial charge is 0.311 e. The molecule has 0 bridgehead atoms. The molecule has 0 amide bonds. The van der Waals surface area contributed by atoms with Crippen LogP contribution < -0.4 is 26.2 Å². The molecule has 6 heterocycles. The third-order valence-electron chi connectivity index (χ3n) is 24.0. The Balaban J connectivity index is 0.804. The van der Waals surface area contributed by atoms with Crippen LogP contribution in [0, 0.1) is 0 Å². The van der Waals surface area contributed by atoms with Gasteiger partial charge in [0.2, 0.25) is 0 Å². The number of hydrogen-bond donors (Lipinski definition) is 0. The molecule has 0 saturated heterocycles. The maximum Gasteiger partial charge on any atom is 0.252 e. The molecule has 4 aromatic heterocycles. The normalized spacial score (nSPS) is 16.7. The summed E-state index contributed by atoms with van der Waals surface area (Å²) >= 11 is 0. The summed E-state index contributed by atoms with van der Waals surface area (Å²) in [6.07, 6.45) is 0. The van der Waals surface area contributed by atoms with Crippen molar-refractivity contribution in [3.05, 3.63) is 392 Å². The van der Waals surface area contributed by atoms with Gasteiger partial charge in [-0.1, -0.05) is 304 Å². The Bertz CT molecular complexity index is 9060. The van der Waals surface area contributed by atoms with Crippen molar-refractivity contribution in [3.8, 4) is 67.3 Å². The van der Waals surface area contributed by atoms with Crippen LogP contribution in [0.5, 0.6) is 0 Å². The Kier molecular flexibility index (Phi) is 10.3. The fourth-order valence-corrected chi connectivity index (χ4v) is 18.1. The first-order chi connectivity index (χ1) is 72.2. The maximum atomic E-state index is 9.93. The molecule has 578 valence electrons. The molecule has 0 saturated carbocycles. The van der Waals surface area contributed by atoms with Crippen LogP contribution in [-0.4, -0.2) is 25.0 Å². The van der Waals surface area contributed by atoms with Gasteiger partial charge >= 0.3 is 0 Å². The topological polar surface area (TPSA) is 26.2 Å². The number of nitrogens with zero attached hydrogens (tertiary/aromatic N) is 6. The van der Waals surface area contributed by atoms with Gasteiger partial charge in [0.25, 0.3) is 6.71 Å². The minimum Gasteiger partial charge on any atom is -0.311 e. The van der Waals surface area contributed by atoms with Crippen molar-refractivity contribution >= 4 is 144 Å². The third-order valence-corrected chi connectivity index (χ3v) is 24.0. The second-order valence-electron chi connectivity index (χ2n) is 34.1. The van der Waals surface area contributed by atoms with E-state index in [9.17, 15) is 27.4 Å². The van der Waals surface area contributed by atoms with Crippen molar-refractivity contribution in [2.45, 2.75) is 78.6 Å². The Morgan fingerprint density at radius 3 is 0.785 bits per heavy atom. The number of para-hydroxylation sites is 8. The zero-order valence-corrected chi connectivity index (χ0v) is 67.1. The summed E-state index contributed by atoms with van der Waals surface area (Å²) in [5.41, 5.74) is 11.1. The zero-order chi connectivity index (χ0) is 109. The van der Waals surface area contributed by atoms with E-state index < -0.39 is 216 Å². The van der Waals surface area contributed by atoms with Gasteiger partial charge in [-0.3, -0.25) is 0 Å². The van der Waals surface area contributed by atoms with Crippen molar-refractivity contribution in [1.82, 2.24) is 18.3 Å². The average molecular weight is 1590 g/mol. The smallest absolute Gasteiger partial charge is 0.252 e. The number of anilines is 6. The third kappa shape index (κ3) is 11.4. The van der Waals surface area contributed by atoms with Crippen molar-refractivity contribution < 1.29 is 43.9 Å². The van der Waals surface area contributed by atoms with E-state index in [-0.39, 0.29) is 98.6 Å². The molecule has 0 N–H and O–H groups in total. The predicted molar refractivity (Wildman–Crippen MR) is 516 cm³/mol. The second-order valence-corrected chi connectivity index (χ2v) is 34.1. The summed E-state index contributed by atoms with van der Waals surface area (Å²) in [5.74, 6) is 0. The van der Waals surface area contributed by atoms with Gasteiger partial charge in [0.15, 0.2) is 0 Å². The van der Waals surface area contributed by atoms with Gasteiger partial charge in [-0.15, -0.1) is 0 Å². The molecule has 0 atom stereocenters. The zero-order valence-electron chi connectivity index (χ0n) is 99.1. The number of fused-ring (bicyclic) bond motifs is 16. The Labute approximate surface area is 751 Å². The second kappa shape index (κ2) is 27.1. The number of hydrogen-bond acceptors (Lipinski definition) is 2. The maximum absolute atomic E-state index is 9.93. The van der Waals surface area contributed by atoms with Crippen molar-refractivity contribution in [3.63, 3.8) is 0 Å². The minimum atomic E-state index is -0.914. The molecule has 21 aromatic rings. The van der Waals surface area contributed by atoms with E-state index in [1.807, 2.05) is 97.1 Å². The Hall–Kier alpha value is -14.4. The lowest BCUT2D eigenvalue weighted by Gasteiger charge is -2.46. The lowest BCUT2D eigenvalue weighted by atomic mass is 9.33. The summed E-state index contributed by atoms with van der Waals surface area (Å²) in [7, 11) is 0. The summed E-state index contributed by atoms with van der Waals surface area (Å²) in [4.78, 5) is 4.31. The molecule has 7 heteroatoms. The van der Waals surface area contributed by atoms with E-state index in [0.29, 0.717) is 106 Å². The highest BCUT2D eigenvalue weighted by molar-refractivity contribution is 7.00. The molecule has 121 heavy (non-hydrogen) atoms. The first-order valence-electron chi connectivity index (χ1n) is 56.0. The summed E-state index contributed by atoms with van der Waals surface area (Å²) in [6.45, 7) is 17.9. The fraction of sp³-hybridized carbons (Fsp3) is 0.105. The number of aromatic nitrogens is 4. The molecule has 0 unspecified atom stereocenters. The SMILES string of the molecule is [2H]c1c([2H])c([2H])c2c(c1[2H])c1c([2H])c([2H])c([2H])c([2H])c1n2-c1cccc(-c2ccc(-c3cc(C(C)(C)C)ccc3N3c4cc(-n5c6c([2H])c([2H])c([2H])c([2H])c6c6c([2H])c([2H])c([2H])c([2H])c65)ccc4B4c5ccc(-n6c7c([2H])c([2H])c([2H])c([2H])c7c7c([2H])c([2H])c([2H])c([2H])c76)cc5N(c5ccc(C(C)(C)C)cc5-c5ccc(-c6cccc(-n7c8c([2H])c([2H])c([2H])c([2H])c8c8c([2H])c([2H])c([2H])c([2H])c87)c6)cc5)c5cc(C(C)(C)C)cc3c54)cc2)c1. The van der Waals surface area contributed by atoms with Gasteiger partial charge in [0, 0.05) is 99.7 Å². The minimum absolute atomic E-state index is 0.0565. The van der Waals surface area contributed by atoms with Gasteiger partial charge < -0.3 is 28.1 Å². The standard InChI is InChI=1S/C114H89BN6/c1-112(2,3)78-56-62-105(93(66-78)74-52-48-72(49-53-74)76-28-26-30-81(64-76)116-97-40-18-10-32-85(97)86-33-11-19-41-98(86)116)120-107-70-83(118-101-44-22-14-36-89(101)90-37-15-23-45-102(90)118)58-60-95(107)115-96-61-59-84(119-103-46-24-16-38-91(103)92-39-17-25-47-104(92)119)71-108(96)121(110-69-80(114(7,8)9)68-109(120)111(110)115)106-63-57-79(113(4,5)6)67-94(106)75-54-50-73(51-55-75)77-29-27-31-82(65-77)117-99-42-20-12-34-87(99)88-35-13-21-43-100(88)117/h10-71H,1-9H3/i10D,11D,12D,13D,14D,15D,16D,17D,18D,19D,20D,21D,22D,23D,24D,25D,32D,33D,34D,35D,36D,37D,38D,39D,40D,41D,42D,43D,44D,45D,46D,47D. The van der Waals surface area contributed by atoms with Gasteiger partial charge in [-0.05, 0) is 216 Å². The molecule has 0 fully saturated rings. The summed E-state index contributed by atoms with van der Waals surface area (Å²) < 4.78 is 303. The number of benzene rings is 17.